The standard InChI is InChI=1S/C19H25NO4/c21-12-14-7-9-16(10-8-14)19(23)24-13-18(22)20-11-3-5-15-4-1-2-6-17(15)20/h7-10,15,17,21H,1-6,11-13H2/t15-,17+/m0/s1. The molecule has 1 amide bonds. The SMILES string of the molecule is O=C(OCC(=O)N1CCC[C@@H]2CCCC[C@H]21)c1ccc(CO)cc1. The van der Waals surface area contributed by atoms with Crippen molar-refractivity contribution < 1.29 is 19.4 Å². The van der Waals surface area contributed by atoms with Gasteiger partial charge in [0.25, 0.3) is 5.91 Å². The molecule has 0 radical (unpaired) electrons. The van der Waals surface area contributed by atoms with Gasteiger partial charge in [0.2, 0.25) is 0 Å². The second-order valence-electron chi connectivity index (χ2n) is 6.77. The van der Waals surface area contributed by atoms with Crippen molar-refractivity contribution in [3.63, 3.8) is 0 Å². The number of amides is 1. The zero-order valence-corrected chi connectivity index (χ0v) is 13.9. The van der Waals surface area contributed by atoms with Crippen molar-refractivity contribution in [2.24, 2.45) is 5.92 Å². The molecule has 0 aromatic heterocycles. The number of rotatable bonds is 4. The smallest absolute Gasteiger partial charge is 0.338 e. The summed E-state index contributed by atoms with van der Waals surface area (Å²) in [5, 5.41) is 9.02. The number of carbonyl (C=O) groups excluding carboxylic acids is 2. The number of likely N-dealkylation sites (tertiary alicyclic amines) is 1. The van der Waals surface area contributed by atoms with Crippen molar-refractivity contribution in [1.82, 2.24) is 4.90 Å². The van der Waals surface area contributed by atoms with Crippen molar-refractivity contribution in [3.8, 4) is 0 Å². The van der Waals surface area contributed by atoms with Gasteiger partial charge in [-0.15, -0.1) is 0 Å². The van der Waals surface area contributed by atoms with Gasteiger partial charge in [0.05, 0.1) is 12.2 Å². The largest absolute Gasteiger partial charge is 0.452 e. The third-order valence-corrected chi connectivity index (χ3v) is 5.26. The fourth-order valence-electron chi connectivity index (χ4n) is 3.97. The fourth-order valence-corrected chi connectivity index (χ4v) is 3.97. The van der Waals surface area contributed by atoms with Crippen molar-refractivity contribution >= 4 is 11.9 Å². The highest BCUT2D eigenvalue weighted by atomic mass is 16.5. The van der Waals surface area contributed by atoms with Crippen LogP contribution in [0.15, 0.2) is 24.3 Å². The Labute approximate surface area is 142 Å². The summed E-state index contributed by atoms with van der Waals surface area (Å²) in [6, 6.07) is 6.90. The molecule has 5 nitrogen and oxygen atoms in total. The molecule has 0 unspecified atom stereocenters. The number of piperidine rings is 1. The molecule has 1 heterocycles. The van der Waals surface area contributed by atoms with E-state index in [4.69, 9.17) is 9.84 Å². The van der Waals surface area contributed by atoms with Crippen LogP contribution >= 0.6 is 0 Å². The molecule has 3 rings (SSSR count). The maximum atomic E-state index is 12.5. The molecule has 2 atom stereocenters. The van der Waals surface area contributed by atoms with Crippen LogP contribution in [0.5, 0.6) is 0 Å². The van der Waals surface area contributed by atoms with Crippen LogP contribution in [0.2, 0.25) is 0 Å². The molecular weight excluding hydrogens is 306 g/mol. The third kappa shape index (κ3) is 3.78. The van der Waals surface area contributed by atoms with Gasteiger partial charge in [0.1, 0.15) is 0 Å². The van der Waals surface area contributed by atoms with Gasteiger partial charge in [0, 0.05) is 12.6 Å². The van der Waals surface area contributed by atoms with Gasteiger partial charge in [-0.25, -0.2) is 4.79 Å². The Kier molecular flexibility index (Phi) is 5.51. The molecule has 24 heavy (non-hydrogen) atoms. The molecule has 2 fully saturated rings. The number of hydrogen-bond acceptors (Lipinski definition) is 4. The summed E-state index contributed by atoms with van der Waals surface area (Å²) in [7, 11) is 0. The van der Waals surface area contributed by atoms with Crippen molar-refractivity contribution in [2.75, 3.05) is 13.2 Å². The van der Waals surface area contributed by atoms with Crippen molar-refractivity contribution in [1.29, 1.82) is 0 Å². The number of benzene rings is 1. The molecule has 1 aliphatic heterocycles. The molecule has 1 aromatic rings. The van der Waals surface area contributed by atoms with E-state index < -0.39 is 5.97 Å². The fraction of sp³-hybridized carbons (Fsp3) is 0.579. The van der Waals surface area contributed by atoms with E-state index in [0.717, 1.165) is 24.9 Å². The van der Waals surface area contributed by atoms with E-state index in [-0.39, 0.29) is 19.1 Å². The predicted molar refractivity (Wildman–Crippen MR) is 89.3 cm³/mol. The van der Waals surface area contributed by atoms with E-state index in [1.165, 1.54) is 25.7 Å². The predicted octanol–water partition coefficient (Wildman–Crippen LogP) is 2.52. The Morgan fingerprint density at radius 1 is 1.08 bits per heavy atom. The minimum absolute atomic E-state index is 0.0642. The van der Waals surface area contributed by atoms with E-state index >= 15 is 0 Å². The van der Waals surface area contributed by atoms with Gasteiger partial charge in [-0.3, -0.25) is 4.79 Å². The summed E-state index contributed by atoms with van der Waals surface area (Å²) in [5.41, 5.74) is 1.13. The van der Waals surface area contributed by atoms with Gasteiger partial charge in [-0.1, -0.05) is 25.0 Å². The molecule has 1 saturated carbocycles. The summed E-state index contributed by atoms with van der Waals surface area (Å²) < 4.78 is 5.20. The summed E-state index contributed by atoms with van der Waals surface area (Å²) in [6.45, 7) is 0.526. The Bertz CT molecular complexity index is 582. The first kappa shape index (κ1) is 17.0. The molecule has 1 aliphatic carbocycles. The highest BCUT2D eigenvalue weighted by Crippen LogP contribution is 2.35. The van der Waals surface area contributed by atoms with E-state index in [2.05, 4.69) is 0 Å². The first-order valence-electron chi connectivity index (χ1n) is 8.85. The van der Waals surface area contributed by atoms with Crippen LogP contribution in [0.4, 0.5) is 0 Å². The van der Waals surface area contributed by atoms with Gasteiger partial charge in [-0.2, -0.15) is 0 Å². The van der Waals surface area contributed by atoms with Crippen molar-refractivity contribution in [3.05, 3.63) is 35.4 Å². The van der Waals surface area contributed by atoms with Crippen LogP contribution < -0.4 is 0 Å². The Balaban J connectivity index is 1.55. The van der Waals surface area contributed by atoms with Crippen LogP contribution in [-0.2, 0) is 16.1 Å². The van der Waals surface area contributed by atoms with Gasteiger partial charge in [0.15, 0.2) is 6.61 Å². The third-order valence-electron chi connectivity index (χ3n) is 5.26. The number of nitrogens with zero attached hydrogens (tertiary/aromatic N) is 1. The number of hydrogen-bond donors (Lipinski definition) is 1. The van der Waals surface area contributed by atoms with Gasteiger partial charge >= 0.3 is 5.97 Å². The number of ether oxygens (including phenoxy) is 1. The monoisotopic (exact) mass is 331 g/mol. The Hall–Kier alpha value is -1.88. The van der Waals surface area contributed by atoms with Crippen LogP contribution in [0.1, 0.15) is 54.4 Å². The van der Waals surface area contributed by atoms with Crippen LogP contribution in [0, 0.1) is 5.92 Å². The van der Waals surface area contributed by atoms with Gasteiger partial charge < -0.3 is 14.7 Å². The Morgan fingerprint density at radius 2 is 1.79 bits per heavy atom. The maximum Gasteiger partial charge on any atom is 0.338 e. The number of carbonyl (C=O) groups is 2. The average molecular weight is 331 g/mol. The van der Waals surface area contributed by atoms with Crippen molar-refractivity contribution in [2.45, 2.75) is 51.2 Å². The highest BCUT2D eigenvalue weighted by molar-refractivity contribution is 5.91. The molecule has 1 aromatic carbocycles. The first-order valence-corrected chi connectivity index (χ1v) is 8.85. The summed E-state index contributed by atoms with van der Waals surface area (Å²) >= 11 is 0. The van der Waals surface area contributed by atoms with Crippen LogP contribution in [-0.4, -0.2) is 41.1 Å². The lowest BCUT2D eigenvalue weighted by Gasteiger charge is -2.44. The molecular formula is C19H25NO4. The average Bonchev–Trinajstić information content (AvgIpc) is 2.65. The molecule has 0 bridgehead atoms. The lowest BCUT2D eigenvalue weighted by molar-refractivity contribution is -0.140. The number of aliphatic hydroxyl groups is 1. The summed E-state index contributed by atoms with van der Waals surface area (Å²) in [5.74, 6) is 0.0511. The minimum Gasteiger partial charge on any atom is -0.452 e. The van der Waals surface area contributed by atoms with Crippen LogP contribution in [0.25, 0.3) is 0 Å². The van der Waals surface area contributed by atoms with E-state index in [1.807, 2.05) is 4.90 Å². The lowest BCUT2D eigenvalue weighted by Crippen LogP contribution is -2.50. The summed E-state index contributed by atoms with van der Waals surface area (Å²) in [4.78, 5) is 26.5. The van der Waals surface area contributed by atoms with E-state index in [0.29, 0.717) is 17.5 Å². The molecule has 1 N–H and O–H groups in total. The number of aliphatic hydroxyl groups excluding tert-OH is 1. The lowest BCUT2D eigenvalue weighted by atomic mass is 9.78. The topological polar surface area (TPSA) is 66.8 Å². The zero-order valence-electron chi connectivity index (χ0n) is 13.9. The molecule has 5 heteroatoms. The zero-order chi connectivity index (χ0) is 16.9. The second-order valence-corrected chi connectivity index (χ2v) is 6.77. The maximum absolute atomic E-state index is 12.5. The van der Waals surface area contributed by atoms with Crippen LogP contribution in [0.3, 0.4) is 0 Å². The normalized spacial score (nSPS) is 23.5. The molecule has 1 saturated heterocycles. The first-order chi connectivity index (χ1) is 11.7. The minimum atomic E-state index is -0.495. The quantitative estimate of drug-likeness (QED) is 0.861. The van der Waals surface area contributed by atoms with Gasteiger partial charge in [-0.05, 0) is 49.3 Å². The Morgan fingerprint density at radius 3 is 2.54 bits per heavy atom. The van der Waals surface area contributed by atoms with E-state index in [9.17, 15) is 9.59 Å². The van der Waals surface area contributed by atoms with E-state index in [1.54, 1.807) is 24.3 Å². The molecule has 130 valence electrons. The molecule has 0 spiro atoms. The second kappa shape index (κ2) is 7.79. The number of fused-ring (bicyclic) bond motifs is 1. The molecule has 2 aliphatic rings. The highest BCUT2D eigenvalue weighted by Gasteiger charge is 2.35. The number of esters is 1. The summed E-state index contributed by atoms with van der Waals surface area (Å²) in [6.07, 6.45) is 7.00.